The molecule has 3 heterocycles. The van der Waals surface area contributed by atoms with E-state index in [1.807, 2.05) is 4.90 Å². The lowest BCUT2D eigenvalue weighted by Gasteiger charge is -2.38. The molecule has 0 bridgehead atoms. The fourth-order valence-corrected chi connectivity index (χ4v) is 7.20. The average molecular weight is 545 g/mol. The SMILES string of the molecule is COC(=O)c1sccc1S(=O)(=O)N(Cc1ccc(C=O)cc1)C1CCN(c2ccc([N+](=O)[O-])cn2)CC1. The van der Waals surface area contributed by atoms with Gasteiger partial charge in [-0.05, 0) is 35.9 Å². The minimum Gasteiger partial charge on any atom is -0.465 e. The molecule has 1 saturated heterocycles. The van der Waals surface area contributed by atoms with Gasteiger partial charge in [-0.1, -0.05) is 24.3 Å². The van der Waals surface area contributed by atoms with Gasteiger partial charge in [0, 0.05) is 37.3 Å². The van der Waals surface area contributed by atoms with Crippen LogP contribution in [0, 0.1) is 10.1 Å². The Labute approximate surface area is 217 Å². The zero-order valence-corrected chi connectivity index (χ0v) is 21.5. The van der Waals surface area contributed by atoms with Crippen molar-refractivity contribution in [1.82, 2.24) is 9.29 Å². The Kier molecular flexibility index (Phi) is 7.95. The number of aromatic nitrogens is 1. The minimum absolute atomic E-state index is 0.0105. The maximum absolute atomic E-state index is 13.9. The van der Waals surface area contributed by atoms with Gasteiger partial charge in [-0.15, -0.1) is 11.3 Å². The molecule has 0 radical (unpaired) electrons. The third-order valence-electron chi connectivity index (χ3n) is 6.18. The number of aldehydes is 1. The molecule has 3 aromatic rings. The molecule has 1 aromatic carbocycles. The summed E-state index contributed by atoms with van der Waals surface area (Å²) in [6.45, 7) is 1.02. The molecule has 0 atom stereocenters. The second-order valence-corrected chi connectivity index (χ2v) is 11.1. The topological polar surface area (TPSA) is 140 Å². The van der Waals surface area contributed by atoms with E-state index in [1.54, 1.807) is 35.7 Å². The third-order valence-corrected chi connectivity index (χ3v) is 9.14. The number of pyridine rings is 1. The van der Waals surface area contributed by atoms with Crippen LogP contribution >= 0.6 is 11.3 Å². The molecular formula is C24H24N4O7S2. The van der Waals surface area contributed by atoms with Gasteiger partial charge in [0.2, 0.25) is 10.0 Å². The highest BCUT2D eigenvalue weighted by Crippen LogP contribution is 2.32. The van der Waals surface area contributed by atoms with Gasteiger partial charge in [0.15, 0.2) is 0 Å². The van der Waals surface area contributed by atoms with Crippen molar-refractivity contribution in [3.63, 3.8) is 0 Å². The Balaban J connectivity index is 1.60. The van der Waals surface area contributed by atoms with Gasteiger partial charge in [0.05, 0.1) is 12.0 Å². The summed E-state index contributed by atoms with van der Waals surface area (Å²) in [4.78, 5) is 39.7. The molecule has 0 aliphatic carbocycles. The normalized spacial score (nSPS) is 14.5. The number of rotatable bonds is 9. The summed E-state index contributed by atoms with van der Waals surface area (Å²) < 4.78 is 34.0. The molecule has 13 heteroatoms. The number of ether oxygens (including phenoxy) is 1. The molecule has 0 unspecified atom stereocenters. The zero-order chi connectivity index (χ0) is 26.6. The summed E-state index contributed by atoms with van der Waals surface area (Å²) in [7, 11) is -2.89. The number of benzene rings is 1. The molecule has 1 aliphatic heterocycles. The van der Waals surface area contributed by atoms with Crippen LogP contribution in [0.25, 0.3) is 0 Å². The first kappa shape index (κ1) is 26.4. The lowest BCUT2D eigenvalue weighted by Crippen LogP contribution is -2.47. The number of methoxy groups -OCH3 is 1. The second kappa shape index (κ2) is 11.2. The molecule has 0 spiro atoms. The number of piperidine rings is 1. The van der Waals surface area contributed by atoms with Gasteiger partial charge in [-0.25, -0.2) is 18.2 Å². The fraction of sp³-hybridized carbons (Fsp3) is 0.292. The van der Waals surface area contributed by atoms with Crippen molar-refractivity contribution in [2.75, 3.05) is 25.1 Å². The van der Waals surface area contributed by atoms with Gasteiger partial charge in [-0.2, -0.15) is 4.31 Å². The molecule has 37 heavy (non-hydrogen) atoms. The highest BCUT2D eigenvalue weighted by atomic mass is 32.2. The molecule has 1 aliphatic rings. The van der Waals surface area contributed by atoms with Crippen LogP contribution in [0.4, 0.5) is 11.5 Å². The summed E-state index contributed by atoms with van der Waals surface area (Å²) in [6, 6.07) is 10.7. The number of carbonyl (C=O) groups is 2. The first-order valence-electron chi connectivity index (χ1n) is 11.3. The minimum atomic E-state index is -4.09. The Morgan fingerprint density at radius 3 is 2.49 bits per heavy atom. The maximum Gasteiger partial charge on any atom is 0.349 e. The quantitative estimate of drug-likeness (QED) is 0.171. The van der Waals surface area contributed by atoms with Gasteiger partial charge < -0.3 is 9.64 Å². The highest BCUT2D eigenvalue weighted by molar-refractivity contribution is 7.89. The summed E-state index contributed by atoms with van der Waals surface area (Å²) in [5, 5.41) is 12.5. The largest absolute Gasteiger partial charge is 0.465 e. The first-order chi connectivity index (χ1) is 17.7. The predicted octanol–water partition coefficient (Wildman–Crippen LogP) is 3.51. The molecule has 11 nitrogen and oxygen atoms in total. The number of hydrogen-bond acceptors (Lipinski definition) is 10. The van der Waals surface area contributed by atoms with Crippen molar-refractivity contribution in [2.24, 2.45) is 0 Å². The number of anilines is 1. The van der Waals surface area contributed by atoms with Crippen LogP contribution in [0.3, 0.4) is 0 Å². The number of sulfonamides is 1. The average Bonchev–Trinajstić information content (AvgIpc) is 3.43. The zero-order valence-electron chi connectivity index (χ0n) is 19.8. The van der Waals surface area contributed by atoms with E-state index in [4.69, 9.17) is 4.74 Å². The summed E-state index contributed by atoms with van der Waals surface area (Å²) in [6.07, 6.45) is 2.87. The van der Waals surface area contributed by atoms with Crippen LogP contribution < -0.4 is 4.90 Å². The fourth-order valence-electron chi connectivity index (χ4n) is 4.22. The van der Waals surface area contributed by atoms with Crippen molar-refractivity contribution >= 4 is 45.1 Å². The standard InChI is InChI=1S/C24H24N4O7S2/c1-35-24(30)23-21(10-13-36-23)37(33,34)27(15-17-2-4-18(16-29)5-3-17)19-8-11-26(12-9-19)22-7-6-20(14-25-22)28(31)32/h2-7,10,13-14,16,19H,8-9,11-12,15H2,1H3. The third kappa shape index (κ3) is 5.68. The number of esters is 1. The Morgan fingerprint density at radius 1 is 1.22 bits per heavy atom. The Bertz CT molecular complexity index is 1380. The lowest BCUT2D eigenvalue weighted by molar-refractivity contribution is -0.385. The number of nitro groups is 1. The van der Waals surface area contributed by atoms with E-state index in [-0.39, 0.29) is 28.0 Å². The monoisotopic (exact) mass is 544 g/mol. The van der Waals surface area contributed by atoms with Gasteiger partial charge >= 0.3 is 5.97 Å². The van der Waals surface area contributed by atoms with E-state index in [0.29, 0.717) is 49.2 Å². The molecular weight excluding hydrogens is 520 g/mol. The van der Waals surface area contributed by atoms with Crippen molar-refractivity contribution in [1.29, 1.82) is 0 Å². The molecule has 2 aromatic heterocycles. The van der Waals surface area contributed by atoms with Crippen molar-refractivity contribution in [2.45, 2.75) is 30.3 Å². The van der Waals surface area contributed by atoms with Crippen molar-refractivity contribution in [3.05, 3.63) is 80.2 Å². The molecule has 0 N–H and O–H groups in total. The second-order valence-electron chi connectivity index (χ2n) is 8.37. The van der Waals surface area contributed by atoms with Crippen LogP contribution in [0.5, 0.6) is 0 Å². The van der Waals surface area contributed by atoms with Crippen LogP contribution in [-0.2, 0) is 21.3 Å². The van der Waals surface area contributed by atoms with Crippen molar-refractivity contribution < 1.29 is 27.7 Å². The Hall–Kier alpha value is -3.68. The lowest BCUT2D eigenvalue weighted by atomic mass is 10.0. The highest BCUT2D eigenvalue weighted by Gasteiger charge is 2.37. The molecule has 1 fully saturated rings. The van der Waals surface area contributed by atoms with Crippen molar-refractivity contribution in [3.8, 4) is 0 Å². The number of thiophene rings is 1. The first-order valence-corrected chi connectivity index (χ1v) is 13.6. The smallest absolute Gasteiger partial charge is 0.349 e. The molecule has 194 valence electrons. The predicted molar refractivity (Wildman–Crippen MR) is 136 cm³/mol. The van der Waals surface area contributed by atoms with Gasteiger partial charge in [-0.3, -0.25) is 14.9 Å². The van der Waals surface area contributed by atoms with Gasteiger partial charge in [0.1, 0.15) is 28.1 Å². The molecule has 0 amide bonds. The van der Waals surface area contributed by atoms with Crippen LogP contribution in [-0.4, -0.2) is 61.1 Å². The van der Waals surface area contributed by atoms with Gasteiger partial charge in [0.25, 0.3) is 5.69 Å². The summed E-state index contributed by atoms with van der Waals surface area (Å²) >= 11 is 1.00. The van der Waals surface area contributed by atoms with E-state index < -0.39 is 20.9 Å². The summed E-state index contributed by atoms with van der Waals surface area (Å²) in [5.41, 5.74) is 1.07. The van der Waals surface area contributed by atoms with Crippen LogP contribution in [0.1, 0.15) is 38.4 Å². The van der Waals surface area contributed by atoms with E-state index in [2.05, 4.69) is 4.98 Å². The maximum atomic E-state index is 13.9. The Morgan fingerprint density at radius 2 is 1.92 bits per heavy atom. The van der Waals surface area contributed by atoms with Crippen LogP contribution in [0.2, 0.25) is 0 Å². The van der Waals surface area contributed by atoms with E-state index in [1.165, 1.54) is 29.7 Å². The summed E-state index contributed by atoms with van der Waals surface area (Å²) in [5.74, 6) is -0.142. The molecule has 4 rings (SSSR count). The number of carbonyl (C=O) groups excluding carboxylic acids is 2. The van der Waals surface area contributed by atoms with E-state index in [9.17, 15) is 28.1 Å². The number of hydrogen-bond donors (Lipinski definition) is 0. The van der Waals surface area contributed by atoms with E-state index >= 15 is 0 Å². The molecule has 0 saturated carbocycles. The van der Waals surface area contributed by atoms with E-state index in [0.717, 1.165) is 11.3 Å². The van der Waals surface area contributed by atoms with Crippen LogP contribution in [0.15, 0.2) is 58.9 Å². The number of nitrogens with zero attached hydrogens (tertiary/aromatic N) is 4.